The van der Waals surface area contributed by atoms with Crippen molar-refractivity contribution in [2.75, 3.05) is 12.4 Å². The molecule has 0 bridgehead atoms. The van der Waals surface area contributed by atoms with Crippen molar-refractivity contribution in [3.8, 4) is 17.4 Å². The molecule has 0 saturated carbocycles. The Labute approximate surface area is 181 Å². The Kier molecular flexibility index (Phi) is 6.63. The number of nitro groups is 2. The number of rotatable bonds is 9. The van der Waals surface area contributed by atoms with Crippen LogP contribution in [0.15, 0.2) is 48.7 Å². The molecule has 2 aromatic carbocycles. The van der Waals surface area contributed by atoms with E-state index in [1.165, 1.54) is 30.0 Å². The van der Waals surface area contributed by atoms with E-state index in [-0.39, 0.29) is 41.7 Å². The molecule has 3 aromatic rings. The second kappa shape index (κ2) is 9.55. The molecule has 12 heteroatoms. The van der Waals surface area contributed by atoms with Gasteiger partial charge in [0.05, 0.1) is 35.3 Å². The number of carbonyl (C=O) groups is 1. The van der Waals surface area contributed by atoms with Crippen molar-refractivity contribution in [3.05, 3.63) is 74.5 Å². The Morgan fingerprint density at radius 3 is 2.53 bits per heavy atom. The number of methoxy groups -OCH3 is 1. The van der Waals surface area contributed by atoms with Crippen LogP contribution in [0.3, 0.4) is 0 Å². The molecule has 166 valence electrons. The van der Waals surface area contributed by atoms with Gasteiger partial charge in [0.2, 0.25) is 5.91 Å². The Morgan fingerprint density at radius 1 is 1.16 bits per heavy atom. The molecule has 0 spiro atoms. The third-order valence-electron chi connectivity index (χ3n) is 4.37. The van der Waals surface area contributed by atoms with Crippen LogP contribution in [0, 0.1) is 27.2 Å². The van der Waals surface area contributed by atoms with Gasteiger partial charge in [-0.05, 0) is 18.6 Å². The standard InChI is InChI=1S/C20H19N5O7/c1-13-5-3-4-6-18(13)32-16-10-14(9-15(11-16)24(27)28)21-19(26)7-8-23-12-17(25(29)30)20(22-23)31-2/h3-6,9-12H,7-8H2,1-2H3,(H,21,26). The number of amides is 1. The van der Waals surface area contributed by atoms with E-state index in [1.807, 2.05) is 19.1 Å². The first-order valence-corrected chi connectivity index (χ1v) is 9.35. The minimum absolute atomic E-state index is 0.0392. The van der Waals surface area contributed by atoms with E-state index in [1.54, 1.807) is 12.1 Å². The zero-order valence-electron chi connectivity index (χ0n) is 17.2. The highest BCUT2D eigenvalue weighted by atomic mass is 16.6. The second-order valence-electron chi connectivity index (χ2n) is 6.68. The number of hydrogen-bond acceptors (Lipinski definition) is 8. The predicted molar refractivity (Wildman–Crippen MR) is 113 cm³/mol. The third-order valence-corrected chi connectivity index (χ3v) is 4.37. The number of aromatic nitrogens is 2. The van der Waals surface area contributed by atoms with Gasteiger partial charge in [-0.15, -0.1) is 5.10 Å². The molecule has 0 aliphatic heterocycles. The van der Waals surface area contributed by atoms with Crippen molar-refractivity contribution in [1.29, 1.82) is 0 Å². The molecule has 0 aliphatic carbocycles. The van der Waals surface area contributed by atoms with Crippen LogP contribution in [-0.4, -0.2) is 32.6 Å². The number of non-ortho nitro benzene ring substituents is 1. The number of aryl methyl sites for hydroxylation is 2. The first-order valence-electron chi connectivity index (χ1n) is 9.35. The highest BCUT2D eigenvalue weighted by Crippen LogP contribution is 2.31. The molecule has 1 aromatic heterocycles. The lowest BCUT2D eigenvalue weighted by atomic mass is 10.2. The number of nitrogens with zero attached hydrogens (tertiary/aromatic N) is 4. The van der Waals surface area contributed by atoms with Gasteiger partial charge in [0.15, 0.2) is 0 Å². The molecule has 0 unspecified atom stereocenters. The van der Waals surface area contributed by atoms with Gasteiger partial charge in [-0.1, -0.05) is 18.2 Å². The molecule has 0 fully saturated rings. The SMILES string of the molecule is COc1nn(CCC(=O)Nc2cc(Oc3ccccc3C)cc([N+](=O)[O-])c2)cc1[N+](=O)[O-]. The van der Waals surface area contributed by atoms with Gasteiger partial charge in [-0.3, -0.25) is 29.7 Å². The van der Waals surface area contributed by atoms with Gasteiger partial charge in [0.25, 0.3) is 5.69 Å². The average Bonchev–Trinajstić information content (AvgIpc) is 3.17. The Morgan fingerprint density at radius 2 is 1.91 bits per heavy atom. The van der Waals surface area contributed by atoms with E-state index >= 15 is 0 Å². The second-order valence-corrected chi connectivity index (χ2v) is 6.68. The molecule has 1 heterocycles. The summed E-state index contributed by atoms with van der Waals surface area (Å²) in [5.41, 5.74) is 0.452. The molecular weight excluding hydrogens is 422 g/mol. The number of carbonyl (C=O) groups excluding carboxylic acids is 1. The lowest BCUT2D eigenvalue weighted by Gasteiger charge is -2.11. The fourth-order valence-electron chi connectivity index (χ4n) is 2.84. The first kappa shape index (κ1) is 22.2. The van der Waals surface area contributed by atoms with Gasteiger partial charge in [0.1, 0.15) is 17.7 Å². The van der Waals surface area contributed by atoms with E-state index in [2.05, 4.69) is 10.4 Å². The molecule has 0 aliphatic rings. The number of ether oxygens (including phenoxy) is 2. The normalized spacial score (nSPS) is 10.4. The highest BCUT2D eigenvalue weighted by Gasteiger charge is 2.20. The first-order chi connectivity index (χ1) is 15.3. The molecule has 0 saturated heterocycles. The van der Waals surface area contributed by atoms with Crippen LogP contribution in [0.1, 0.15) is 12.0 Å². The highest BCUT2D eigenvalue weighted by molar-refractivity contribution is 5.91. The maximum atomic E-state index is 12.4. The van der Waals surface area contributed by atoms with E-state index in [4.69, 9.17) is 9.47 Å². The van der Waals surface area contributed by atoms with E-state index in [0.717, 1.165) is 11.8 Å². The molecule has 12 nitrogen and oxygen atoms in total. The molecule has 0 atom stereocenters. The number of benzene rings is 2. The summed E-state index contributed by atoms with van der Waals surface area (Å²) >= 11 is 0. The molecule has 3 rings (SSSR count). The molecule has 1 amide bonds. The quantitative estimate of drug-likeness (QED) is 0.388. The van der Waals surface area contributed by atoms with Crippen LogP contribution in [0.2, 0.25) is 0 Å². The van der Waals surface area contributed by atoms with E-state index in [0.29, 0.717) is 5.75 Å². The summed E-state index contributed by atoms with van der Waals surface area (Å²) in [5.74, 6) is 0.0901. The molecular formula is C20H19N5O7. The smallest absolute Gasteiger partial charge is 0.350 e. The van der Waals surface area contributed by atoms with E-state index in [9.17, 15) is 25.0 Å². The summed E-state index contributed by atoms with van der Waals surface area (Å²) in [5, 5.41) is 28.7. The van der Waals surface area contributed by atoms with Gasteiger partial charge in [0, 0.05) is 18.6 Å². The van der Waals surface area contributed by atoms with Crippen molar-refractivity contribution in [2.45, 2.75) is 19.9 Å². The van der Waals surface area contributed by atoms with Crippen molar-refractivity contribution < 1.29 is 24.1 Å². The summed E-state index contributed by atoms with van der Waals surface area (Å²) < 4.78 is 11.8. The maximum absolute atomic E-state index is 12.4. The van der Waals surface area contributed by atoms with Crippen LogP contribution < -0.4 is 14.8 Å². The summed E-state index contributed by atoms with van der Waals surface area (Å²) in [6, 6.07) is 11.1. The lowest BCUT2D eigenvalue weighted by molar-refractivity contribution is -0.385. The number of anilines is 1. The maximum Gasteiger partial charge on any atom is 0.350 e. The molecule has 1 N–H and O–H groups in total. The van der Waals surface area contributed by atoms with Crippen LogP contribution >= 0.6 is 0 Å². The average molecular weight is 441 g/mol. The zero-order chi connectivity index (χ0) is 23.3. The van der Waals surface area contributed by atoms with E-state index < -0.39 is 15.8 Å². The van der Waals surface area contributed by atoms with Crippen molar-refractivity contribution >= 4 is 23.0 Å². The van der Waals surface area contributed by atoms with Crippen molar-refractivity contribution in [3.63, 3.8) is 0 Å². The number of nitrogens with one attached hydrogen (secondary N) is 1. The summed E-state index contributed by atoms with van der Waals surface area (Å²) in [6.45, 7) is 1.88. The number of hydrogen-bond donors (Lipinski definition) is 1. The van der Waals surface area contributed by atoms with Crippen LogP contribution in [0.4, 0.5) is 17.1 Å². The number of para-hydroxylation sites is 1. The van der Waals surface area contributed by atoms with Crippen LogP contribution in [-0.2, 0) is 11.3 Å². The molecule has 0 radical (unpaired) electrons. The zero-order valence-corrected chi connectivity index (χ0v) is 17.2. The minimum atomic E-state index is -0.637. The van der Waals surface area contributed by atoms with Crippen LogP contribution in [0.5, 0.6) is 17.4 Å². The van der Waals surface area contributed by atoms with Crippen LogP contribution in [0.25, 0.3) is 0 Å². The minimum Gasteiger partial charge on any atom is -0.475 e. The summed E-state index contributed by atoms with van der Waals surface area (Å²) in [4.78, 5) is 33.4. The van der Waals surface area contributed by atoms with Gasteiger partial charge >= 0.3 is 11.6 Å². The monoisotopic (exact) mass is 441 g/mol. The molecule has 32 heavy (non-hydrogen) atoms. The Hall–Kier alpha value is -4.48. The predicted octanol–water partition coefficient (Wildman–Crippen LogP) is 3.84. The van der Waals surface area contributed by atoms with Gasteiger partial charge in [-0.25, -0.2) is 0 Å². The number of nitro benzene ring substituents is 1. The van der Waals surface area contributed by atoms with Gasteiger partial charge in [-0.2, -0.15) is 0 Å². The Balaban J connectivity index is 1.72. The third kappa shape index (κ3) is 5.36. The van der Waals surface area contributed by atoms with Gasteiger partial charge < -0.3 is 14.8 Å². The Bertz CT molecular complexity index is 1170. The summed E-state index contributed by atoms with van der Waals surface area (Å²) in [6.07, 6.45) is 1.08. The fourth-order valence-corrected chi connectivity index (χ4v) is 2.84. The topological polar surface area (TPSA) is 152 Å². The largest absolute Gasteiger partial charge is 0.475 e. The lowest BCUT2D eigenvalue weighted by Crippen LogP contribution is -2.15. The van der Waals surface area contributed by atoms with Crippen molar-refractivity contribution in [2.24, 2.45) is 0 Å². The van der Waals surface area contributed by atoms with Crippen molar-refractivity contribution in [1.82, 2.24) is 9.78 Å². The fraction of sp³-hybridized carbons (Fsp3) is 0.200. The summed E-state index contributed by atoms with van der Waals surface area (Å²) in [7, 11) is 1.26.